The fourth-order valence-electron chi connectivity index (χ4n) is 1.36. The summed E-state index contributed by atoms with van der Waals surface area (Å²) in [6, 6.07) is 0. The number of methoxy groups -OCH3 is 1. The second-order valence-electron chi connectivity index (χ2n) is 3.93. The first kappa shape index (κ1) is 13.5. The van der Waals surface area contributed by atoms with E-state index in [9.17, 15) is 4.79 Å². The molecule has 1 N–H and O–H groups in total. The van der Waals surface area contributed by atoms with Crippen molar-refractivity contribution < 1.29 is 9.47 Å². The van der Waals surface area contributed by atoms with E-state index in [1.165, 1.54) is 13.4 Å². The quantitative estimate of drug-likeness (QED) is 0.791. The fraction of sp³-hybridized carbons (Fsp3) is 0.636. The third-order valence-electron chi connectivity index (χ3n) is 2.24. The first-order valence-corrected chi connectivity index (χ1v) is 5.50. The van der Waals surface area contributed by atoms with Crippen LogP contribution in [0.5, 0.6) is 5.75 Å². The molecule has 1 rings (SSSR count). The molecule has 6 heteroatoms. The van der Waals surface area contributed by atoms with Crippen molar-refractivity contribution in [2.45, 2.75) is 20.0 Å². The van der Waals surface area contributed by atoms with E-state index in [2.05, 4.69) is 9.97 Å². The molecule has 0 bridgehead atoms. The topological polar surface area (TPSA) is 67.5 Å². The fourth-order valence-corrected chi connectivity index (χ4v) is 1.36. The number of aromatic nitrogens is 2. The number of nitrogens with zero attached hydrogens (tertiary/aromatic N) is 2. The number of H-pyrrole nitrogens is 1. The van der Waals surface area contributed by atoms with Gasteiger partial charge in [0.2, 0.25) is 5.75 Å². The summed E-state index contributed by atoms with van der Waals surface area (Å²) in [5, 5.41) is 0. The van der Waals surface area contributed by atoms with Crippen molar-refractivity contribution >= 4 is 5.82 Å². The predicted molar refractivity (Wildman–Crippen MR) is 65.8 cm³/mol. The van der Waals surface area contributed by atoms with Gasteiger partial charge in [-0.3, -0.25) is 4.79 Å². The Balaban J connectivity index is 2.71. The minimum atomic E-state index is -0.283. The van der Waals surface area contributed by atoms with Crippen LogP contribution in [-0.2, 0) is 4.74 Å². The Morgan fingerprint density at radius 2 is 2.24 bits per heavy atom. The van der Waals surface area contributed by atoms with Gasteiger partial charge in [-0.1, -0.05) is 0 Å². The van der Waals surface area contributed by atoms with Gasteiger partial charge in [0.05, 0.1) is 26.1 Å². The highest BCUT2D eigenvalue weighted by Gasteiger charge is 2.13. The monoisotopic (exact) mass is 241 g/mol. The van der Waals surface area contributed by atoms with Gasteiger partial charge in [-0.25, -0.2) is 4.98 Å². The summed E-state index contributed by atoms with van der Waals surface area (Å²) >= 11 is 0. The third kappa shape index (κ3) is 3.74. The largest absolute Gasteiger partial charge is 0.489 e. The van der Waals surface area contributed by atoms with E-state index < -0.39 is 0 Å². The highest BCUT2D eigenvalue weighted by Crippen LogP contribution is 2.18. The van der Waals surface area contributed by atoms with Gasteiger partial charge in [-0.15, -0.1) is 0 Å². The van der Waals surface area contributed by atoms with Crippen molar-refractivity contribution in [1.29, 1.82) is 0 Å². The highest BCUT2D eigenvalue weighted by atomic mass is 16.5. The van der Waals surface area contributed by atoms with Gasteiger partial charge in [0, 0.05) is 13.6 Å². The van der Waals surface area contributed by atoms with Crippen LogP contribution in [0.2, 0.25) is 0 Å². The Kier molecular flexibility index (Phi) is 4.96. The third-order valence-corrected chi connectivity index (χ3v) is 2.24. The smallest absolute Gasteiger partial charge is 0.295 e. The average molecular weight is 241 g/mol. The minimum Gasteiger partial charge on any atom is -0.489 e. The molecule has 0 atom stereocenters. The maximum atomic E-state index is 11.5. The molecule has 0 fully saturated rings. The molecule has 0 amide bonds. The van der Waals surface area contributed by atoms with Crippen LogP contribution in [0, 0.1) is 0 Å². The maximum Gasteiger partial charge on any atom is 0.295 e. The summed E-state index contributed by atoms with van der Waals surface area (Å²) in [5.41, 5.74) is -0.283. The Bertz CT molecular complexity index is 403. The normalized spacial score (nSPS) is 10.6. The first-order valence-electron chi connectivity index (χ1n) is 5.50. The van der Waals surface area contributed by atoms with Gasteiger partial charge in [-0.2, -0.15) is 0 Å². The van der Waals surface area contributed by atoms with E-state index in [1.807, 2.05) is 25.8 Å². The molecular formula is C11H19N3O3. The van der Waals surface area contributed by atoms with E-state index in [0.717, 1.165) is 0 Å². The molecule has 1 aromatic heterocycles. The summed E-state index contributed by atoms with van der Waals surface area (Å²) in [7, 11) is 3.29. The maximum absolute atomic E-state index is 11.5. The molecule has 0 saturated carbocycles. The van der Waals surface area contributed by atoms with Crippen molar-refractivity contribution in [2.75, 3.05) is 32.2 Å². The van der Waals surface area contributed by atoms with E-state index >= 15 is 0 Å². The van der Waals surface area contributed by atoms with E-state index in [1.54, 1.807) is 0 Å². The summed E-state index contributed by atoms with van der Waals surface area (Å²) in [5.74, 6) is 0.739. The van der Waals surface area contributed by atoms with E-state index in [0.29, 0.717) is 19.0 Å². The molecule has 96 valence electrons. The number of anilines is 1. The molecular weight excluding hydrogens is 222 g/mol. The SMILES string of the molecule is COc1c(N(C)CCOC(C)C)nc[nH]c1=O. The van der Waals surface area contributed by atoms with Crippen molar-refractivity contribution in [3.05, 3.63) is 16.7 Å². The molecule has 1 heterocycles. The first-order chi connectivity index (χ1) is 8.06. The molecule has 17 heavy (non-hydrogen) atoms. The molecule has 1 aromatic rings. The van der Waals surface area contributed by atoms with Gasteiger partial charge >= 0.3 is 0 Å². The number of nitrogens with one attached hydrogen (secondary N) is 1. The molecule has 0 spiro atoms. The summed E-state index contributed by atoms with van der Waals surface area (Å²) < 4.78 is 10.5. The van der Waals surface area contributed by atoms with Crippen molar-refractivity contribution in [1.82, 2.24) is 9.97 Å². The Hall–Kier alpha value is -1.56. The standard InChI is InChI=1S/C11H19N3O3/c1-8(2)17-6-5-14(3)10-9(16-4)11(15)13-7-12-10/h7-8H,5-6H2,1-4H3,(H,12,13,15). The van der Waals surface area contributed by atoms with Crippen LogP contribution < -0.4 is 15.2 Å². The lowest BCUT2D eigenvalue weighted by Gasteiger charge is -2.20. The van der Waals surface area contributed by atoms with Crippen molar-refractivity contribution in [3.63, 3.8) is 0 Å². The van der Waals surface area contributed by atoms with Crippen LogP contribution in [0.15, 0.2) is 11.1 Å². The molecule has 0 aliphatic rings. The molecule has 0 radical (unpaired) electrons. The lowest BCUT2D eigenvalue weighted by molar-refractivity contribution is 0.0845. The van der Waals surface area contributed by atoms with Gasteiger partial charge in [-0.05, 0) is 13.8 Å². The summed E-state index contributed by atoms with van der Waals surface area (Å²) in [6.45, 7) is 5.18. The van der Waals surface area contributed by atoms with Crippen molar-refractivity contribution in [2.24, 2.45) is 0 Å². The summed E-state index contributed by atoms with van der Waals surface area (Å²) in [6.07, 6.45) is 1.55. The van der Waals surface area contributed by atoms with Gasteiger partial charge in [0.1, 0.15) is 0 Å². The number of likely N-dealkylation sites (N-methyl/N-ethyl adjacent to an activating group) is 1. The minimum absolute atomic E-state index is 0.192. The lowest BCUT2D eigenvalue weighted by Crippen LogP contribution is -2.27. The van der Waals surface area contributed by atoms with Gasteiger partial charge in [0.25, 0.3) is 5.56 Å². The molecule has 0 aromatic carbocycles. The molecule has 0 unspecified atom stereocenters. The van der Waals surface area contributed by atoms with Crippen LogP contribution in [0.4, 0.5) is 5.82 Å². The van der Waals surface area contributed by atoms with Crippen LogP contribution in [-0.4, -0.2) is 43.4 Å². The molecule has 0 saturated heterocycles. The number of ether oxygens (including phenoxy) is 2. The van der Waals surface area contributed by atoms with Crippen LogP contribution >= 0.6 is 0 Å². The Morgan fingerprint density at radius 1 is 1.53 bits per heavy atom. The second kappa shape index (κ2) is 6.24. The van der Waals surface area contributed by atoms with Crippen LogP contribution in [0.1, 0.15) is 13.8 Å². The van der Waals surface area contributed by atoms with Gasteiger partial charge in [0.15, 0.2) is 5.82 Å². The highest BCUT2D eigenvalue weighted by molar-refractivity contribution is 5.49. The number of hydrogen-bond acceptors (Lipinski definition) is 5. The molecule has 0 aliphatic heterocycles. The van der Waals surface area contributed by atoms with Gasteiger partial charge < -0.3 is 19.4 Å². The summed E-state index contributed by atoms with van der Waals surface area (Å²) in [4.78, 5) is 19.9. The zero-order valence-electron chi connectivity index (χ0n) is 10.7. The van der Waals surface area contributed by atoms with Crippen molar-refractivity contribution in [3.8, 4) is 5.75 Å². The number of aromatic amines is 1. The lowest BCUT2D eigenvalue weighted by atomic mass is 10.4. The predicted octanol–water partition coefficient (Wildman–Crippen LogP) is 0.640. The van der Waals surface area contributed by atoms with Crippen LogP contribution in [0.3, 0.4) is 0 Å². The Labute approximate surface area is 101 Å². The van der Waals surface area contributed by atoms with Crippen LogP contribution in [0.25, 0.3) is 0 Å². The molecule has 0 aliphatic carbocycles. The Morgan fingerprint density at radius 3 is 2.82 bits per heavy atom. The number of rotatable bonds is 6. The zero-order valence-corrected chi connectivity index (χ0v) is 10.7. The number of hydrogen-bond donors (Lipinski definition) is 1. The van der Waals surface area contributed by atoms with E-state index in [4.69, 9.17) is 9.47 Å². The molecule has 6 nitrogen and oxygen atoms in total. The zero-order chi connectivity index (χ0) is 12.8. The average Bonchev–Trinajstić information content (AvgIpc) is 2.28. The second-order valence-corrected chi connectivity index (χ2v) is 3.93. The van der Waals surface area contributed by atoms with E-state index in [-0.39, 0.29) is 17.4 Å².